The molecule has 132 valence electrons. The van der Waals surface area contributed by atoms with Crippen LogP contribution < -0.4 is 15.0 Å². The standard InChI is InChI=1S/C17H18ClN3O4/c1-4-25-16-13(18)6-5-7-14(16)19-17(22)12-10-11(21(23)24)8-9-15(12)20(2)3/h5-10H,4H2,1-3H3,(H,19,22). The molecule has 0 aromatic heterocycles. The third-order valence-electron chi connectivity index (χ3n) is 3.42. The second kappa shape index (κ2) is 7.85. The van der Waals surface area contributed by atoms with Gasteiger partial charge in [0.25, 0.3) is 11.6 Å². The van der Waals surface area contributed by atoms with E-state index in [1.165, 1.54) is 18.2 Å². The van der Waals surface area contributed by atoms with Gasteiger partial charge < -0.3 is 15.0 Å². The number of halogens is 1. The van der Waals surface area contributed by atoms with E-state index in [-0.39, 0.29) is 11.3 Å². The number of nitro benzene ring substituents is 1. The van der Waals surface area contributed by atoms with Gasteiger partial charge in [-0.05, 0) is 25.1 Å². The zero-order chi connectivity index (χ0) is 18.6. The van der Waals surface area contributed by atoms with E-state index in [9.17, 15) is 14.9 Å². The maximum Gasteiger partial charge on any atom is 0.270 e. The van der Waals surface area contributed by atoms with Crippen LogP contribution in [-0.2, 0) is 0 Å². The topological polar surface area (TPSA) is 84.7 Å². The lowest BCUT2D eigenvalue weighted by Gasteiger charge is -2.18. The van der Waals surface area contributed by atoms with Gasteiger partial charge in [0.1, 0.15) is 0 Å². The fourth-order valence-electron chi connectivity index (χ4n) is 2.30. The first-order valence-corrected chi connectivity index (χ1v) is 7.91. The number of rotatable bonds is 6. The van der Waals surface area contributed by atoms with Crippen molar-refractivity contribution in [3.8, 4) is 5.75 Å². The summed E-state index contributed by atoms with van der Waals surface area (Å²) in [6.45, 7) is 2.19. The number of nitrogens with zero attached hydrogens (tertiary/aromatic N) is 2. The number of hydrogen-bond acceptors (Lipinski definition) is 5. The molecule has 0 aliphatic carbocycles. The summed E-state index contributed by atoms with van der Waals surface area (Å²) in [5.74, 6) is -0.132. The van der Waals surface area contributed by atoms with Gasteiger partial charge in [-0.15, -0.1) is 0 Å². The van der Waals surface area contributed by atoms with Crippen LogP contribution in [0.3, 0.4) is 0 Å². The van der Waals surface area contributed by atoms with E-state index < -0.39 is 10.8 Å². The van der Waals surface area contributed by atoms with Crippen LogP contribution >= 0.6 is 11.6 Å². The molecule has 2 aromatic rings. The lowest BCUT2D eigenvalue weighted by Crippen LogP contribution is -2.19. The van der Waals surface area contributed by atoms with Crippen LogP contribution in [0.15, 0.2) is 36.4 Å². The molecule has 0 bridgehead atoms. The molecule has 0 heterocycles. The van der Waals surface area contributed by atoms with Crippen molar-refractivity contribution in [1.29, 1.82) is 0 Å². The highest BCUT2D eigenvalue weighted by molar-refractivity contribution is 6.32. The molecule has 0 spiro atoms. The summed E-state index contributed by atoms with van der Waals surface area (Å²) in [5, 5.41) is 14.1. The Kier molecular flexibility index (Phi) is 5.82. The van der Waals surface area contributed by atoms with Crippen molar-refractivity contribution >= 4 is 34.6 Å². The number of nitrogens with one attached hydrogen (secondary N) is 1. The number of amides is 1. The molecular formula is C17H18ClN3O4. The SMILES string of the molecule is CCOc1c(Cl)cccc1NC(=O)c1cc([N+](=O)[O-])ccc1N(C)C. The number of nitro groups is 1. The van der Waals surface area contributed by atoms with Gasteiger partial charge >= 0.3 is 0 Å². The summed E-state index contributed by atoms with van der Waals surface area (Å²) in [6, 6.07) is 9.13. The van der Waals surface area contributed by atoms with Gasteiger partial charge in [0.15, 0.2) is 5.75 Å². The van der Waals surface area contributed by atoms with Gasteiger partial charge in [0.2, 0.25) is 0 Å². The summed E-state index contributed by atoms with van der Waals surface area (Å²) in [4.78, 5) is 24.9. The molecule has 7 nitrogen and oxygen atoms in total. The third-order valence-corrected chi connectivity index (χ3v) is 3.72. The van der Waals surface area contributed by atoms with E-state index in [2.05, 4.69) is 5.32 Å². The number of carbonyl (C=O) groups excluding carboxylic acids is 1. The van der Waals surface area contributed by atoms with Crippen molar-refractivity contribution < 1.29 is 14.5 Å². The number of carbonyl (C=O) groups is 1. The lowest BCUT2D eigenvalue weighted by molar-refractivity contribution is -0.384. The quantitative estimate of drug-likeness (QED) is 0.620. The number of hydrogen-bond donors (Lipinski definition) is 1. The Labute approximate surface area is 150 Å². The second-order valence-corrected chi connectivity index (χ2v) is 5.76. The van der Waals surface area contributed by atoms with Crippen molar-refractivity contribution in [3.63, 3.8) is 0 Å². The molecule has 0 unspecified atom stereocenters. The summed E-state index contributed by atoms with van der Waals surface area (Å²) in [5.41, 5.74) is 0.979. The summed E-state index contributed by atoms with van der Waals surface area (Å²) in [6.07, 6.45) is 0. The van der Waals surface area contributed by atoms with Crippen LogP contribution in [0, 0.1) is 10.1 Å². The van der Waals surface area contributed by atoms with Crippen LogP contribution in [0.5, 0.6) is 5.75 Å². The lowest BCUT2D eigenvalue weighted by atomic mass is 10.1. The first-order chi connectivity index (χ1) is 11.8. The molecule has 2 rings (SSSR count). The van der Waals surface area contributed by atoms with E-state index in [1.807, 2.05) is 0 Å². The van der Waals surface area contributed by atoms with Gasteiger partial charge in [0, 0.05) is 31.9 Å². The zero-order valence-corrected chi connectivity index (χ0v) is 14.8. The molecule has 0 saturated carbocycles. The Morgan fingerprint density at radius 2 is 2.04 bits per heavy atom. The Morgan fingerprint density at radius 3 is 2.64 bits per heavy atom. The van der Waals surface area contributed by atoms with Crippen molar-refractivity contribution in [2.24, 2.45) is 0 Å². The van der Waals surface area contributed by atoms with Crippen molar-refractivity contribution in [2.45, 2.75) is 6.92 Å². The first kappa shape index (κ1) is 18.5. The Morgan fingerprint density at radius 1 is 1.32 bits per heavy atom. The number of ether oxygens (including phenoxy) is 1. The highest BCUT2D eigenvalue weighted by atomic mass is 35.5. The Balaban J connectivity index is 2.43. The first-order valence-electron chi connectivity index (χ1n) is 7.53. The van der Waals surface area contributed by atoms with E-state index in [0.29, 0.717) is 28.8 Å². The van der Waals surface area contributed by atoms with Crippen molar-refractivity contribution in [3.05, 3.63) is 57.1 Å². The molecule has 2 aromatic carbocycles. The zero-order valence-electron chi connectivity index (χ0n) is 14.1. The molecular weight excluding hydrogens is 346 g/mol. The van der Waals surface area contributed by atoms with Crippen LogP contribution in [0.2, 0.25) is 5.02 Å². The summed E-state index contributed by atoms with van der Waals surface area (Å²) in [7, 11) is 3.51. The molecule has 0 aliphatic rings. The summed E-state index contributed by atoms with van der Waals surface area (Å²) >= 11 is 6.11. The minimum absolute atomic E-state index is 0.160. The Hall–Kier alpha value is -2.80. The largest absolute Gasteiger partial charge is 0.490 e. The molecule has 25 heavy (non-hydrogen) atoms. The predicted octanol–water partition coefficient (Wildman–Crippen LogP) is 3.97. The number of non-ortho nitro benzene ring substituents is 1. The van der Waals surface area contributed by atoms with Gasteiger partial charge in [-0.1, -0.05) is 17.7 Å². The maximum atomic E-state index is 12.7. The van der Waals surface area contributed by atoms with Crippen LogP contribution in [-0.4, -0.2) is 31.5 Å². The van der Waals surface area contributed by atoms with Crippen LogP contribution in [0.25, 0.3) is 0 Å². The third kappa shape index (κ3) is 4.19. The molecule has 0 fully saturated rings. The minimum atomic E-state index is -0.540. The molecule has 0 atom stereocenters. The highest BCUT2D eigenvalue weighted by Gasteiger charge is 2.19. The fourth-order valence-corrected chi connectivity index (χ4v) is 2.53. The molecule has 0 saturated heterocycles. The molecule has 1 amide bonds. The van der Waals surface area contributed by atoms with Gasteiger partial charge in [-0.3, -0.25) is 14.9 Å². The van der Waals surface area contributed by atoms with E-state index in [1.54, 1.807) is 44.1 Å². The van der Waals surface area contributed by atoms with Crippen LogP contribution in [0.1, 0.15) is 17.3 Å². The number of para-hydroxylation sites is 1. The predicted molar refractivity (Wildman–Crippen MR) is 98.0 cm³/mol. The Bertz CT molecular complexity index is 808. The molecule has 1 N–H and O–H groups in total. The number of benzene rings is 2. The van der Waals surface area contributed by atoms with E-state index in [4.69, 9.17) is 16.3 Å². The van der Waals surface area contributed by atoms with Crippen LogP contribution in [0.4, 0.5) is 17.1 Å². The number of anilines is 2. The van der Waals surface area contributed by atoms with Crippen molar-refractivity contribution in [2.75, 3.05) is 30.9 Å². The van der Waals surface area contributed by atoms with Gasteiger partial charge in [-0.2, -0.15) is 0 Å². The maximum absolute atomic E-state index is 12.7. The van der Waals surface area contributed by atoms with Gasteiger partial charge in [0.05, 0.1) is 27.8 Å². The van der Waals surface area contributed by atoms with E-state index in [0.717, 1.165) is 0 Å². The van der Waals surface area contributed by atoms with E-state index >= 15 is 0 Å². The fraction of sp³-hybridized carbons (Fsp3) is 0.235. The van der Waals surface area contributed by atoms with Crippen molar-refractivity contribution in [1.82, 2.24) is 0 Å². The average Bonchev–Trinajstić information content (AvgIpc) is 2.57. The second-order valence-electron chi connectivity index (χ2n) is 5.36. The summed E-state index contributed by atoms with van der Waals surface area (Å²) < 4.78 is 5.48. The smallest absolute Gasteiger partial charge is 0.270 e. The normalized spacial score (nSPS) is 10.2. The van der Waals surface area contributed by atoms with Gasteiger partial charge in [-0.25, -0.2) is 0 Å². The highest BCUT2D eigenvalue weighted by Crippen LogP contribution is 2.34. The molecule has 0 aliphatic heterocycles. The molecule has 0 radical (unpaired) electrons. The monoisotopic (exact) mass is 363 g/mol. The average molecular weight is 364 g/mol. The molecule has 8 heteroatoms. The minimum Gasteiger partial charge on any atom is -0.490 e.